The Balaban J connectivity index is 1.15. The molecule has 32 heavy (non-hydrogen) atoms. The van der Waals surface area contributed by atoms with Gasteiger partial charge in [0.1, 0.15) is 5.82 Å². The summed E-state index contributed by atoms with van der Waals surface area (Å²) < 4.78 is 2.26. The fraction of sp³-hybridized carbons (Fsp3) is 0.440. The van der Waals surface area contributed by atoms with Crippen LogP contribution in [-0.4, -0.2) is 58.3 Å². The molecule has 2 N–H and O–H groups in total. The predicted octanol–water partition coefficient (Wildman–Crippen LogP) is 3.40. The molecule has 7 nitrogen and oxygen atoms in total. The van der Waals surface area contributed by atoms with Crippen molar-refractivity contribution in [1.29, 1.82) is 0 Å². The van der Waals surface area contributed by atoms with Gasteiger partial charge in [0, 0.05) is 56.5 Å². The molecule has 1 amide bonds. The molecule has 4 heterocycles. The van der Waals surface area contributed by atoms with Gasteiger partial charge in [-0.3, -0.25) is 10.0 Å². The first kappa shape index (κ1) is 21.0. The molecule has 1 unspecified atom stereocenters. The van der Waals surface area contributed by atoms with E-state index >= 15 is 0 Å². The lowest BCUT2D eigenvalue weighted by Gasteiger charge is -2.34. The fourth-order valence-electron chi connectivity index (χ4n) is 5.43. The molecule has 2 aliphatic rings. The van der Waals surface area contributed by atoms with E-state index in [0.717, 1.165) is 44.2 Å². The second-order valence-electron chi connectivity index (χ2n) is 9.23. The van der Waals surface area contributed by atoms with Crippen LogP contribution in [0.3, 0.4) is 0 Å². The summed E-state index contributed by atoms with van der Waals surface area (Å²) in [7, 11) is 2.15. The number of anilines is 1. The van der Waals surface area contributed by atoms with E-state index in [2.05, 4.69) is 56.9 Å². The van der Waals surface area contributed by atoms with Crippen LogP contribution in [0.4, 0.5) is 5.82 Å². The van der Waals surface area contributed by atoms with Crippen molar-refractivity contribution in [3.8, 4) is 0 Å². The van der Waals surface area contributed by atoms with Gasteiger partial charge in [0.25, 0.3) is 5.91 Å². The lowest BCUT2D eigenvalue weighted by molar-refractivity contribution is 0.0706. The molecule has 0 radical (unpaired) electrons. The zero-order valence-corrected chi connectivity index (χ0v) is 18.6. The summed E-state index contributed by atoms with van der Waals surface area (Å²) in [6, 6.07) is 12.3. The van der Waals surface area contributed by atoms with E-state index in [9.17, 15) is 4.79 Å². The highest BCUT2D eigenvalue weighted by Gasteiger charge is 2.29. The fourth-order valence-corrected chi connectivity index (χ4v) is 5.43. The molecule has 168 valence electrons. The van der Waals surface area contributed by atoms with Crippen molar-refractivity contribution in [3.63, 3.8) is 0 Å². The number of nitrogens with zero attached hydrogens (tertiary/aromatic N) is 4. The minimum Gasteiger partial charge on any atom is -0.357 e. The molecule has 1 atom stereocenters. The molecule has 1 aromatic carbocycles. The predicted molar refractivity (Wildman–Crippen MR) is 125 cm³/mol. The zero-order chi connectivity index (χ0) is 22.1. The second kappa shape index (κ2) is 8.92. The average molecular weight is 434 g/mol. The van der Waals surface area contributed by atoms with Gasteiger partial charge in [-0.2, -0.15) is 0 Å². The Labute approximate surface area is 188 Å². The Morgan fingerprint density at radius 2 is 1.94 bits per heavy atom. The largest absolute Gasteiger partial charge is 0.357 e. The minimum absolute atomic E-state index is 0.362. The van der Waals surface area contributed by atoms with E-state index in [-0.39, 0.29) is 0 Å². The number of hydroxylamine groups is 1. The van der Waals surface area contributed by atoms with Crippen LogP contribution in [0.2, 0.25) is 0 Å². The number of para-hydroxylation sites is 1. The monoisotopic (exact) mass is 433 g/mol. The molecule has 0 saturated carbocycles. The van der Waals surface area contributed by atoms with Crippen LogP contribution in [0.1, 0.15) is 41.1 Å². The molecule has 0 aliphatic carbocycles. The first-order valence-corrected chi connectivity index (χ1v) is 11.5. The zero-order valence-electron chi connectivity index (χ0n) is 18.6. The van der Waals surface area contributed by atoms with Crippen molar-refractivity contribution in [2.24, 2.45) is 13.0 Å². The van der Waals surface area contributed by atoms with Crippen LogP contribution >= 0.6 is 0 Å². The molecule has 0 bridgehead atoms. The maximum Gasteiger partial charge on any atom is 0.276 e. The molecule has 0 spiro atoms. The summed E-state index contributed by atoms with van der Waals surface area (Å²) in [5, 5.41) is 10.1. The number of aromatic nitrogens is 2. The number of aryl methyl sites for hydroxylation is 1. The number of hydrogen-bond acceptors (Lipinski definition) is 5. The molecule has 2 saturated heterocycles. The SMILES string of the molecule is Cn1cc(C2CCN(CC3CCN(c4ccc(C(=O)NO)cn4)CC3)C2)c2ccccc21. The summed E-state index contributed by atoms with van der Waals surface area (Å²) in [6.45, 7) is 5.50. The number of carbonyl (C=O) groups is 1. The number of fused-ring (bicyclic) bond motifs is 1. The van der Waals surface area contributed by atoms with Gasteiger partial charge in [0.05, 0.1) is 5.56 Å². The number of likely N-dealkylation sites (tertiary alicyclic amines) is 1. The number of piperidine rings is 1. The summed E-state index contributed by atoms with van der Waals surface area (Å²) in [6.07, 6.45) is 7.42. The van der Waals surface area contributed by atoms with Gasteiger partial charge < -0.3 is 14.4 Å². The molecule has 7 heteroatoms. The van der Waals surface area contributed by atoms with Gasteiger partial charge in [-0.05, 0) is 61.4 Å². The van der Waals surface area contributed by atoms with Gasteiger partial charge in [0.2, 0.25) is 0 Å². The number of pyridine rings is 1. The molecular weight excluding hydrogens is 402 g/mol. The van der Waals surface area contributed by atoms with Crippen molar-refractivity contribution in [2.75, 3.05) is 37.6 Å². The topological polar surface area (TPSA) is 73.6 Å². The number of nitrogens with one attached hydrogen (secondary N) is 1. The summed E-state index contributed by atoms with van der Waals surface area (Å²) in [5.74, 6) is 1.71. The molecule has 5 rings (SSSR count). The summed E-state index contributed by atoms with van der Waals surface area (Å²) in [4.78, 5) is 20.8. The maximum absolute atomic E-state index is 11.5. The van der Waals surface area contributed by atoms with Gasteiger partial charge in [-0.15, -0.1) is 0 Å². The average Bonchev–Trinajstić information content (AvgIpc) is 3.43. The number of rotatable bonds is 5. The number of amides is 1. The smallest absolute Gasteiger partial charge is 0.276 e. The van der Waals surface area contributed by atoms with Crippen molar-refractivity contribution >= 4 is 22.6 Å². The van der Waals surface area contributed by atoms with Gasteiger partial charge in [-0.25, -0.2) is 10.5 Å². The van der Waals surface area contributed by atoms with Crippen molar-refractivity contribution in [1.82, 2.24) is 19.9 Å². The Bertz CT molecular complexity index is 1090. The molecule has 2 aliphatic heterocycles. The lowest BCUT2D eigenvalue weighted by atomic mass is 9.96. The first-order chi connectivity index (χ1) is 15.6. The molecule has 2 fully saturated rings. The van der Waals surface area contributed by atoms with Crippen LogP contribution in [0.25, 0.3) is 10.9 Å². The van der Waals surface area contributed by atoms with Crippen LogP contribution in [-0.2, 0) is 7.05 Å². The van der Waals surface area contributed by atoms with Gasteiger partial charge in [0.15, 0.2) is 0 Å². The third kappa shape index (κ3) is 4.10. The second-order valence-corrected chi connectivity index (χ2v) is 9.23. The Morgan fingerprint density at radius 1 is 1.12 bits per heavy atom. The Hall–Kier alpha value is -2.90. The third-order valence-electron chi connectivity index (χ3n) is 7.21. The molecular formula is C25H31N5O2. The highest BCUT2D eigenvalue weighted by atomic mass is 16.5. The Kier molecular flexibility index (Phi) is 5.85. The quantitative estimate of drug-likeness (QED) is 0.477. The minimum atomic E-state index is -0.532. The highest BCUT2D eigenvalue weighted by Crippen LogP contribution is 2.34. The third-order valence-corrected chi connectivity index (χ3v) is 7.21. The van der Waals surface area contributed by atoms with Crippen LogP contribution in [0.5, 0.6) is 0 Å². The van der Waals surface area contributed by atoms with Crippen LogP contribution < -0.4 is 10.4 Å². The van der Waals surface area contributed by atoms with E-state index in [1.54, 1.807) is 11.5 Å². The van der Waals surface area contributed by atoms with E-state index in [4.69, 9.17) is 5.21 Å². The number of hydrogen-bond donors (Lipinski definition) is 2. The first-order valence-electron chi connectivity index (χ1n) is 11.5. The number of benzene rings is 1. The van der Waals surface area contributed by atoms with Crippen LogP contribution in [0, 0.1) is 5.92 Å². The summed E-state index contributed by atoms with van der Waals surface area (Å²) in [5.41, 5.74) is 4.84. The van der Waals surface area contributed by atoms with E-state index in [1.165, 1.54) is 42.2 Å². The van der Waals surface area contributed by atoms with Crippen molar-refractivity contribution < 1.29 is 10.0 Å². The normalized spacial score (nSPS) is 20.2. The maximum atomic E-state index is 11.5. The van der Waals surface area contributed by atoms with Crippen LogP contribution in [0.15, 0.2) is 48.8 Å². The van der Waals surface area contributed by atoms with Crippen molar-refractivity contribution in [3.05, 3.63) is 59.9 Å². The molecule has 2 aromatic heterocycles. The molecule has 3 aromatic rings. The van der Waals surface area contributed by atoms with Gasteiger partial charge in [-0.1, -0.05) is 18.2 Å². The van der Waals surface area contributed by atoms with Gasteiger partial charge >= 0.3 is 0 Å². The van der Waals surface area contributed by atoms with E-state index in [1.807, 2.05) is 6.07 Å². The highest BCUT2D eigenvalue weighted by molar-refractivity contribution is 5.93. The number of carbonyl (C=O) groups excluding carboxylic acids is 1. The van der Waals surface area contributed by atoms with Crippen molar-refractivity contribution in [2.45, 2.75) is 25.2 Å². The van der Waals surface area contributed by atoms with E-state index in [0.29, 0.717) is 11.5 Å². The lowest BCUT2D eigenvalue weighted by Crippen LogP contribution is -2.38. The summed E-state index contributed by atoms with van der Waals surface area (Å²) >= 11 is 0. The van der Waals surface area contributed by atoms with E-state index < -0.39 is 5.91 Å². The standard InChI is InChI=1S/C25H31N5O2/c1-28-17-22(21-4-2-3-5-23(21)28)20-10-11-29(16-20)15-18-8-12-30(13-9-18)24-7-6-19(14-26-24)25(31)27-32/h2-7,14,17-18,20,32H,8-13,15-16H2,1H3,(H,27,31). The Morgan fingerprint density at radius 3 is 2.69 bits per heavy atom.